The molecule has 0 heterocycles. The van der Waals surface area contributed by atoms with Gasteiger partial charge < -0.3 is 0 Å². The fourth-order valence-corrected chi connectivity index (χ4v) is 6.90. The number of halogens is 12. The number of allylic oxidation sites excluding steroid dienone is 6. The van der Waals surface area contributed by atoms with Crippen LogP contribution in [0.25, 0.3) is 44.5 Å². The van der Waals surface area contributed by atoms with E-state index < -0.39 is 80.4 Å². The highest BCUT2D eigenvalue weighted by molar-refractivity contribution is 6.38. The summed E-state index contributed by atoms with van der Waals surface area (Å²) < 4.78 is 168. The van der Waals surface area contributed by atoms with E-state index in [1.165, 1.54) is 0 Å². The third-order valence-corrected chi connectivity index (χ3v) is 9.20. The van der Waals surface area contributed by atoms with Crippen molar-refractivity contribution >= 4 is 22.3 Å². The van der Waals surface area contributed by atoms with Crippen molar-refractivity contribution in [3.8, 4) is 58.7 Å². The van der Waals surface area contributed by atoms with Crippen LogP contribution in [-0.2, 0) is 24.7 Å². The first-order valence-electron chi connectivity index (χ1n) is 15.6. The van der Waals surface area contributed by atoms with Gasteiger partial charge in [0.15, 0.2) is 0 Å². The SMILES string of the molecule is N#CC(C#N)=C1C2=C(C(=C(C#N)C#N)c3cc(-c4cc(C(F)(F)F)c(C#N)c(C(F)(F)F)c4)ccc32)c2ccc(-c3cc(C(F)(F)F)c(C#N)c(C(F)(F)F)c3)cc21. The van der Waals surface area contributed by atoms with Gasteiger partial charge in [-0.15, -0.1) is 0 Å². The van der Waals surface area contributed by atoms with E-state index in [1.807, 2.05) is 0 Å². The zero-order chi connectivity index (χ0) is 42.9. The average Bonchev–Trinajstić information content (AvgIpc) is 3.65. The Balaban J connectivity index is 1.65. The van der Waals surface area contributed by atoms with E-state index >= 15 is 0 Å². The van der Waals surface area contributed by atoms with Gasteiger partial charge in [0.25, 0.3) is 0 Å². The Hall–Kier alpha value is -7.80. The van der Waals surface area contributed by atoms with Crippen LogP contribution in [-0.4, -0.2) is 0 Å². The van der Waals surface area contributed by atoms with E-state index in [2.05, 4.69) is 0 Å². The van der Waals surface area contributed by atoms with E-state index in [0.29, 0.717) is 24.3 Å². The molecule has 0 amide bonds. The van der Waals surface area contributed by atoms with Crippen molar-refractivity contribution in [3.63, 3.8) is 0 Å². The molecule has 0 bridgehead atoms. The minimum absolute atomic E-state index is 0.0228. The molecule has 18 heteroatoms. The number of nitriles is 6. The van der Waals surface area contributed by atoms with Crippen molar-refractivity contribution in [3.05, 3.63) is 127 Å². The number of rotatable bonds is 2. The highest BCUT2D eigenvalue weighted by Gasteiger charge is 2.45. The molecule has 58 heavy (non-hydrogen) atoms. The zero-order valence-electron chi connectivity index (χ0n) is 28.0. The number of hydrogen-bond donors (Lipinski definition) is 0. The second-order valence-electron chi connectivity index (χ2n) is 12.3. The first-order chi connectivity index (χ1) is 27.0. The number of alkyl halides is 12. The lowest BCUT2D eigenvalue weighted by Gasteiger charge is -2.19. The van der Waals surface area contributed by atoms with Crippen molar-refractivity contribution in [1.82, 2.24) is 0 Å². The smallest absolute Gasteiger partial charge is 0.192 e. The van der Waals surface area contributed by atoms with Gasteiger partial charge in [-0.05, 0) is 80.9 Å². The first-order valence-corrected chi connectivity index (χ1v) is 15.6. The van der Waals surface area contributed by atoms with Crippen molar-refractivity contribution in [2.24, 2.45) is 0 Å². The Kier molecular flexibility index (Phi) is 9.25. The predicted octanol–water partition coefficient (Wildman–Crippen LogP) is 11.4. The van der Waals surface area contributed by atoms with Gasteiger partial charge in [-0.2, -0.15) is 84.3 Å². The van der Waals surface area contributed by atoms with Crippen LogP contribution in [0.4, 0.5) is 52.7 Å². The van der Waals surface area contributed by atoms with Crippen molar-refractivity contribution in [1.29, 1.82) is 31.6 Å². The standard InChI is InChI=1S/C40H10F12N6/c41-37(42,43)29-7-19(8-30(27(29)15-57)38(44,45)46)17-1-3-23-25(5-17)33(21(11-53)12-54)36-24-4-2-18(6-26(24)34(35(23)36)22(13-55)14-56)20-9-31(39(47,48)49)28(16-58)32(10-20)40(50,51)52/h1-10H. The molecule has 4 aromatic carbocycles. The lowest BCUT2D eigenvalue weighted by Crippen LogP contribution is -2.15. The molecule has 0 saturated carbocycles. The first kappa shape index (κ1) is 39.9. The predicted molar refractivity (Wildman–Crippen MR) is 176 cm³/mol. The summed E-state index contributed by atoms with van der Waals surface area (Å²) in [5.41, 5.74) is -15.5. The molecule has 0 fully saturated rings. The number of nitrogens with zero attached hydrogens (tertiary/aromatic N) is 6. The van der Waals surface area contributed by atoms with Gasteiger partial charge in [0.2, 0.25) is 0 Å². The van der Waals surface area contributed by atoms with Crippen LogP contribution in [0.3, 0.4) is 0 Å². The van der Waals surface area contributed by atoms with Gasteiger partial charge in [0.1, 0.15) is 47.6 Å². The minimum atomic E-state index is -5.44. The molecule has 0 spiro atoms. The molecule has 0 radical (unpaired) electrons. The van der Waals surface area contributed by atoms with Crippen LogP contribution < -0.4 is 0 Å². The highest BCUT2D eigenvalue weighted by atomic mass is 19.4. The molecule has 0 atom stereocenters. The number of hydrogen-bond acceptors (Lipinski definition) is 6. The monoisotopic (exact) mass is 802 g/mol. The summed E-state index contributed by atoms with van der Waals surface area (Å²) >= 11 is 0. The summed E-state index contributed by atoms with van der Waals surface area (Å²) in [6, 6.07) is 16.1. The van der Waals surface area contributed by atoms with E-state index in [4.69, 9.17) is 0 Å². The summed E-state index contributed by atoms with van der Waals surface area (Å²) in [5.74, 6) is 0. The molecule has 0 saturated heterocycles. The zero-order valence-corrected chi connectivity index (χ0v) is 28.0. The fraction of sp³-hybridized carbons (Fsp3) is 0.100. The third-order valence-electron chi connectivity index (χ3n) is 9.20. The van der Waals surface area contributed by atoms with Crippen LogP contribution >= 0.6 is 0 Å². The molecule has 2 aliphatic carbocycles. The molecule has 0 N–H and O–H groups in total. The van der Waals surface area contributed by atoms with Gasteiger partial charge in [0, 0.05) is 22.3 Å². The topological polar surface area (TPSA) is 143 Å². The lowest BCUT2D eigenvalue weighted by atomic mass is 9.86. The van der Waals surface area contributed by atoms with Crippen LogP contribution in [0, 0.1) is 68.0 Å². The Morgan fingerprint density at radius 3 is 0.862 bits per heavy atom. The van der Waals surface area contributed by atoms with Gasteiger partial charge in [-0.3, -0.25) is 0 Å². The lowest BCUT2D eigenvalue weighted by molar-refractivity contribution is -0.145. The maximum Gasteiger partial charge on any atom is 0.417 e. The summed E-state index contributed by atoms with van der Waals surface area (Å²) in [5, 5.41) is 58.5. The summed E-state index contributed by atoms with van der Waals surface area (Å²) in [6.07, 6.45) is -21.7. The molecule has 284 valence electrons. The molecule has 0 unspecified atom stereocenters. The Bertz CT molecular complexity index is 2600. The van der Waals surface area contributed by atoms with Gasteiger partial charge in [0.05, 0.1) is 33.4 Å². The molecular formula is C40H10F12N6. The number of fused-ring (bicyclic) bond motifs is 4. The quantitative estimate of drug-likeness (QED) is 0.146. The second kappa shape index (κ2) is 13.4. The minimum Gasteiger partial charge on any atom is -0.192 e. The summed E-state index contributed by atoms with van der Waals surface area (Å²) in [7, 11) is 0. The normalized spacial score (nSPS) is 13.3. The van der Waals surface area contributed by atoms with Crippen LogP contribution in [0.15, 0.2) is 71.8 Å². The van der Waals surface area contributed by atoms with Crippen molar-refractivity contribution in [2.75, 3.05) is 0 Å². The van der Waals surface area contributed by atoms with E-state index in [-0.39, 0.29) is 55.7 Å². The maximum atomic E-state index is 14.0. The van der Waals surface area contributed by atoms with Crippen LogP contribution in [0.5, 0.6) is 0 Å². The molecule has 6 nitrogen and oxygen atoms in total. The Labute approximate surface area is 317 Å². The molecule has 0 aromatic heterocycles. The number of benzene rings is 4. The average molecular weight is 803 g/mol. The Morgan fingerprint density at radius 1 is 0.362 bits per heavy atom. The molecule has 4 aromatic rings. The van der Waals surface area contributed by atoms with Gasteiger partial charge in [-0.25, -0.2) is 0 Å². The second-order valence-corrected chi connectivity index (χ2v) is 12.3. The van der Waals surface area contributed by atoms with E-state index in [0.717, 1.165) is 48.5 Å². The van der Waals surface area contributed by atoms with Gasteiger partial charge >= 0.3 is 24.7 Å². The summed E-state index contributed by atoms with van der Waals surface area (Å²) in [4.78, 5) is 0. The summed E-state index contributed by atoms with van der Waals surface area (Å²) in [6.45, 7) is 0. The third kappa shape index (κ3) is 6.33. The fourth-order valence-electron chi connectivity index (χ4n) is 6.90. The van der Waals surface area contributed by atoms with Crippen LogP contribution in [0.2, 0.25) is 0 Å². The van der Waals surface area contributed by atoms with Crippen LogP contribution in [0.1, 0.15) is 55.6 Å². The van der Waals surface area contributed by atoms with E-state index in [9.17, 15) is 84.3 Å². The largest absolute Gasteiger partial charge is 0.417 e. The maximum absolute atomic E-state index is 14.0. The molecular weight excluding hydrogens is 792 g/mol. The van der Waals surface area contributed by atoms with Crippen molar-refractivity contribution in [2.45, 2.75) is 24.7 Å². The molecule has 0 aliphatic heterocycles. The van der Waals surface area contributed by atoms with Gasteiger partial charge in [-0.1, -0.05) is 24.3 Å². The van der Waals surface area contributed by atoms with Crippen molar-refractivity contribution < 1.29 is 52.7 Å². The van der Waals surface area contributed by atoms with E-state index in [1.54, 1.807) is 24.3 Å². The highest BCUT2D eigenvalue weighted by Crippen LogP contribution is 2.60. The Morgan fingerprint density at radius 2 is 0.638 bits per heavy atom. The molecule has 6 rings (SSSR count). The molecule has 2 aliphatic rings.